The molecule has 0 aliphatic rings. The number of benzene rings is 1. The lowest BCUT2D eigenvalue weighted by atomic mass is 9.93. The second kappa shape index (κ2) is 8.68. The Hall–Kier alpha value is -2.69. The van der Waals surface area contributed by atoms with E-state index in [1.54, 1.807) is 6.20 Å². The van der Waals surface area contributed by atoms with Crippen LogP contribution in [0.5, 0.6) is 0 Å². The third-order valence-electron chi connectivity index (χ3n) is 3.46. The molecule has 0 radical (unpaired) electrons. The van der Waals surface area contributed by atoms with Crippen molar-refractivity contribution in [1.29, 1.82) is 0 Å². The van der Waals surface area contributed by atoms with Crippen molar-refractivity contribution in [1.82, 2.24) is 15.6 Å². The van der Waals surface area contributed by atoms with Crippen LogP contribution >= 0.6 is 0 Å². The Labute approximate surface area is 136 Å². The molecule has 5 heteroatoms. The summed E-state index contributed by atoms with van der Waals surface area (Å²) in [6.07, 6.45) is 2.27. The molecule has 0 saturated carbocycles. The van der Waals surface area contributed by atoms with E-state index in [2.05, 4.69) is 15.6 Å². The lowest BCUT2D eigenvalue weighted by Crippen LogP contribution is -2.36. The van der Waals surface area contributed by atoms with Gasteiger partial charge in [-0.05, 0) is 17.7 Å². The van der Waals surface area contributed by atoms with Gasteiger partial charge in [0.1, 0.15) is 0 Å². The van der Waals surface area contributed by atoms with Gasteiger partial charge in [-0.25, -0.2) is 0 Å². The molecule has 0 fully saturated rings. The smallest absolute Gasteiger partial charge is 0.228 e. The Morgan fingerprint density at radius 3 is 2.35 bits per heavy atom. The molecule has 1 aromatic heterocycles. The van der Waals surface area contributed by atoms with E-state index in [9.17, 15) is 9.59 Å². The minimum Gasteiger partial charge on any atom is -0.355 e. The van der Waals surface area contributed by atoms with E-state index < -0.39 is 0 Å². The highest BCUT2D eigenvalue weighted by molar-refractivity contribution is 5.84. The van der Waals surface area contributed by atoms with Crippen molar-refractivity contribution in [2.24, 2.45) is 0 Å². The van der Waals surface area contributed by atoms with Gasteiger partial charge < -0.3 is 10.6 Å². The Bertz CT molecular complexity index is 629. The summed E-state index contributed by atoms with van der Waals surface area (Å²) in [5, 5.41) is 5.54. The molecule has 5 nitrogen and oxygen atoms in total. The Kier molecular flexibility index (Phi) is 6.29. The van der Waals surface area contributed by atoms with Crippen LogP contribution in [0.4, 0.5) is 0 Å². The highest BCUT2D eigenvalue weighted by atomic mass is 16.2. The van der Waals surface area contributed by atoms with Crippen LogP contribution in [0.15, 0.2) is 54.7 Å². The molecule has 2 rings (SSSR count). The average molecular weight is 311 g/mol. The van der Waals surface area contributed by atoms with E-state index in [4.69, 9.17) is 0 Å². The van der Waals surface area contributed by atoms with Gasteiger partial charge in [-0.2, -0.15) is 0 Å². The van der Waals surface area contributed by atoms with Crippen LogP contribution in [-0.2, 0) is 16.0 Å². The molecule has 1 atom stereocenters. The molecule has 0 saturated heterocycles. The minimum absolute atomic E-state index is 0.0628. The number of aromatic nitrogens is 1. The summed E-state index contributed by atoms with van der Waals surface area (Å²) < 4.78 is 0. The van der Waals surface area contributed by atoms with Crippen molar-refractivity contribution in [2.75, 3.05) is 13.1 Å². The van der Waals surface area contributed by atoms with Crippen LogP contribution in [0.2, 0.25) is 0 Å². The maximum Gasteiger partial charge on any atom is 0.228 e. The van der Waals surface area contributed by atoms with Gasteiger partial charge in [0.2, 0.25) is 11.8 Å². The predicted molar refractivity (Wildman–Crippen MR) is 88.8 cm³/mol. The summed E-state index contributed by atoms with van der Waals surface area (Å²) in [5.41, 5.74) is 1.83. The second-order valence-electron chi connectivity index (χ2n) is 5.26. The van der Waals surface area contributed by atoms with E-state index in [1.165, 1.54) is 6.92 Å². The van der Waals surface area contributed by atoms with E-state index in [-0.39, 0.29) is 17.7 Å². The van der Waals surface area contributed by atoms with E-state index in [0.29, 0.717) is 19.5 Å². The highest BCUT2D eigenvalue weighted by Crippen LogP contribution is 2.20. The van der Waals surface area contributed by atoms with Gasteiger partial charge in [-0.15, -0.1) is 0 Å². The summed E-state index contributed by atoms with van der Waals surface area (Å²) >= 11 is 0. The number of carbonyl (C=O) groups excluding carboxylic acids is 2. The number of amides is 2. The number of hydrogen-bond donors (Lipinski definition) is 2. The molecular weight excluding hydrogens is 290 g/mol. The fourth-order valence-electron chi connectivity index (χ4n) is 2.32. The van der Waals surface area contributed by atoms with Gasteiger partial charge in [-0.1, -0.05) is 36.4 Å². The first-order valence-electron chi connectivity index (χ1n) is 7.64. The van der Waals surface area contributed by atoms with Crippen molar-refractivity contribution in [3.8, 4) is 0 Å². The van der Waals surface area contributed by atoms with Crippen LogP contribution < -0.4 is 10.6 Å². The largest absolute Gasteiger partial charge is 0.355 e. The Morgan fingerprint density at radius 2 is 1.70 bits per heavy atom. The third kappa shape index (κ3) is 5.54. The third-order valence-corrected chi connectivity index (χ3v) is 3.46. The van der Waals surface area contributed by atoms with Crippen molar-refractivity contribution in [2.45, 2.75) is 19.3 Å². The highest BCUT2D eigenvalue weighted by Gasteiger charge is 2.21. The number of hydrogen-bond acceptors (Lipinski definition) is 3. The summed E-state index contributed by atoms with van der Waals surface area (Å²) in [5.74, 6) is -0.469. The number of nitrogens with one attached hydrogen (secondary N) is 2. The maximum absolute atomic E-state index is 12.5. The first-order valence-corrected chi connectivity index (χ1v) is 7.64. The standard InChI is InChI=1S/C18H21N3O2/c1-14(22)19-11-12-21-18(23)17(15-7-3-2-4-8-15)13-16-9-5-6-10-20-16/h2-10,17H,11-13H2,1H3,(H,19,22)(H,21,23). The first kappa shape index (κ1) is 16.7. The van der Waals surface area contributed by atoms with E-state index in [0.717, 1.165) is 11.3 Å². The molecular formula is C18H21N3O2. The van der Waals surface area contributed by atoms with Gasteiger partial charge >= 0.3 is 0 Å². The predicted octanol–water partition coefficient (Wildman–Crippen LogP) is 1.66. The lowest BCUT2D eigenvalue weighted by molar-refractivity contribution is -0.123. The molecule has 1 aromatic carbocycles. The van der Waals surface area contributed by atoms with Crippen molar-refractivity contribution < 1.29 is 9.59 Å². The van der Waals surface area contributed by atoms with Crippen LogP contribution in [0, 0.1) is 0 Å². The Morgan fingerprint density at radius 1 is 1.00 bits per heavy atom. The number of rotatable bonds is 7. The van der Waals surface area contributed by atoms with Gasteiger partial charge in [-0.3, -0.25) is 14.6 Å². The quantitative estimate of drug-likeness (QED) is 0.764. The van der Waals surface area contributed by atoms with Gasteiger partial charge in [0.15, 0.2) is 0 Å². The number of carbonyl (C=O) groups is 2. The summed E-state index contributed by atoms with van der Waals surface area (Å²) in [6.45, 7) is 2.28. The molecule has 0 aliphatic carbocycles. The molecule has 2 aromatic rings. The zero-order valence-electron chi connectivity index (χ0n) is 13.2. The topological polar surface area (TPSA) is 71.1 Å². The minimum atomic E-state index is -0.302. The lowest BCUT2D eigenvalue weighted by Gasteiger charge is -2.17. The molecule has 23 heavy (non-hydrogen) atoms. The first-order chi connectivity index (χ1) is 11.2. The van der Waals surface area contributed by atoms with E-state index >= 15 is 0 Å². The normalized spacial score (nSPS) is 11.5. The average Bonchev–Trinajstić information content (AvgIpc) is 2.58. The molecule has 1 heterocycles. The molecule has 0 spiro atoms. The van der Waals surface area contributed by atoms with Crippen LogP contribution in [-0.4, -0.2) is 29.9 Å². The molecule has 2 N–H and O–H groups in total. The van der Waals surface area contributed by atoms with Crippen LogP contribution in [0.1, 0.15) is 24.1 Å². The van der Waals surface area contributed by atoms with Gasteiger partial charge in [0.25, 0.3) is 0 Å². The molecule has 120 valence electrons. The molecule has 0 aliphatic heterocycles. The summed E-state index contributed by atoms with van der Waals surface area (Å²) in [6, 6.07) is 15.4. The molecule has 1 unspecified atom stereocenters. The Balaban J connectivity index is 2.04. The summed E-state index contributed by atoms with van der Waals surface area (Å²) in [4.78, 5) is 27.7. The SMILES string of the molecule is CC(=O)NCCNC(=O)C(Cc1ccccn1)c1ccccc1. The van der Waals surface area contributed by atoms with Crippen LogP contribution in [0.3, 0.4) is 0 Å². The maximum atomic E-state index is 12.5. The molecule has 0 bridgehead atoms. The van der Waals surface area contributed by atoms with Gasteiger partial charge in [0, 0.05) is 38.3 Å². The second-order valence-corrected chi connectivity index (χ2v) is 5.26. The zero-order valence-corrected chi connectivity index (χ0v) is 13.2. The van der Waals surface area contributed by atoms with Crippen LogP contribution in [0.25, 0.3) is 0 Å². The number of nitrogens with zero attached hydrogens (tertiary/aromatic N) is 1. The monoisotopic (exact) mass is 311 g/mol. The van der Waals surface area contributed by atoms with E-state index in [1.807, 2.05) is 48.5 Å². The fourth-order valence-corrected chi connectivity index (χ4v) is 2.32. The van der Waals surface area contributed by atoms with Crippen molar-refractivity contribution in [3.63, 3.8) is 0 Å². The van der Waals surface area contributed by atoms with Gasteiger partial charge in [0.05, 0.1) is 5.92 Å². The fraction of sp³-hybridized carbons (Fsp3) is 0.278. The number of pyridine rings is 1. The summed E-state index contributed by atoms with van der Waals surface area (Å²) in [7, 11) is 0. The zero-order chi connectivity index (χ0) is 16.5. The van der Waals surface area contributed by atoms with Crippen molar-refractivity contribution in [3.05, 3.63) is 66.0 Å². The molecule has 2 amide bonds. The van der Waals surface area contributed by atoms with Crippen molar-refractivity contribution >= 4 is 11.8 Å².